The van der Waals surface area contributed by atoms with Gasteiger partial charge in [0.1, 0.15) is 5.60 Å². The van der Waals surface area contributed by atoms with E-state index in [9.17, 15) is 4.79 Å². The van der Waals surface area contributed by atoms with Gasteiger partial charge in [0, 0.05) is 24.7 Å². The molecule has 0 aromatic carbocycles. The van der Waals surface area contributed by atoms with E-state index in [4.69, 9.17) is 4.74 Å². The van der Waals surface area contributed by atoms with Gasteiger partial charge in [0.2, 0.25) is 0 Å². The number of hydrogen-bond acceptors (Lipinski definition) is 3. The third-order valence-corrected chi connectivity index (χ3v) is 3.89. The maximum Gasteiger partial charge on any atom is 0.410 e. The van der Waals surface area contributed by atoms with Crippen molar-refractivity contribution >= 4 is 6.09 Å². The van der Waals surface area contributed by atoms with Crippen molar-refractivity contribution in [3.63, 3.8) is 0 Å². The highest BCUT2D eigenvalue weighted by molar-refractivity contribution is 5.69. The largest absolute Gasteiger partial charge is 0.444 e. The van der Waals surface area contributed by atoms with Gasteiger partial charge in [-0.05, 0) is 66.7 Å². The second-order valence-electron chi connectivity index (χ2n) is 8.37. The van der Waals surface area contributed by atoms with Crippen LogP contribution in [0, 0.1) is 5.92 Å². The normalized spacial score (nSPS) is 23.2. The molecule has 1 N–H and O–H groups in total. The molecule has 0 saturated heterocycles. The van der Waals surface area contributed by atoms with E-state index >= 15 is 0 Å². The fraction of sp³-hybridized carbons (Fsp3) is 0.941. The van der Waals surface area contributed by atoms with Crippen LogP contribution in [0.2, 0.25) is 0 Å². The lowest BCUT2D eigenvalue weighted by atomic mass is 10.1. The Balaban J connectivity index is 2.49. The van der Waals surface area contributed by atoms with Crippen molar-refractivity contribution in [1.29, 1.82) is 0 Å². The summed E-state index contributed by atoms with van der Waals surface area (Å²) < 4.78 is 5.53. The molecular weight excluding hydrogens is 264 g/mol. The monoisotopic (exact) mass is 298 g/mol. The number of nitrogens with one attached hydrogen (secondary N) is 1. The number of amides is 1. The predicted molar refractivity (Wildman–Crippen MR) is 87.5 cm³/mol. The maximum absolute atomic E-state index is 12.4. The second kappa shape index (κ2) is 6.99. The van der Waals surface area contributed by atoms with Gasteiger partial charge in [-0.25, -0.2) is 4.79 Å². The molecule has 0 aromatic rings. The SMILES string of the molecule is CC1CCC(NCCN(C(=O)OC(C)(C)C)C(C)(C)C)C1. The molecule has 0 bridgehead atoms. The number of hydrogen-bond donors (Lipinski definition) is 1. The zero-order chi connectivity index (χ0) is 16.3. The molecule has 1 saturated carbocycles. The van der Waals surface area contributed by atoms with Crippen LogP contribution in [0.4, 0.5) is 4.79 Å². The topological polar surface area (TPSA) is 41.6 Å². The molecule has 2 atom stereocenters. The zero-order valence-electron chi connectivity index (χ0n) is 15.0. The predicted octanol–water partition coefficient (Wildman–Crippen LogP) is 3.80. The first kappa shape index (κ1) is 18.3. The van der Waals surface area contributed by atoms with E-state index in [0.717, 1.165) is 12.5 Å². The summed E-state index contributed by atoms with van der Waals surface area (Å²) in [4.78, 5) is 14.2. The van der Waals surface area contributed by atoms with Gasteiger partial charge in [-0.15, -0.1) is 0 Å². The summed E-state index contributed by atoms with van der Waals surface area (Å²) >= 11 is 0. The van der Waals surface area contributed by atoms with Crippen LogP contribution in [0.25, 0.3) is 0 Å². The molecule has 0 radical (unpaired) electrons. The fourth-order valence-corrected chi connectivity index (χ4v) is 2.79. The molecule has 0 aliphatic heterocycles. The van der Waals surface area contributed by atoms with Gasteiger partial charge in [-0.1, -0.05) is 6.92 Å². The molecule has 0 aromatic heterocycles. The third kappa shape index (κ3) is 6.68. The highest BCUT2D eigenvalue weighted by Gasteiger charge is 2.30. The molecule has 1 amide bonds. The quantitative estimate of drug-likeness (QED) is 0.858. The number of ether oxygens (including phenoxy) is 1. The molecule has 0 spiro atoms. The van der Waals surface area contributed by atoms with Crippen LogP contribution in [0.15, 0.2) is 0 Å². The first-order valence-corrected chi connectivity index (χ1v) is 8.23. The number of carbonyl (C=O) groups is 1. The Hall–Kier alpha value is -0.770. The van der Waals surface area contributed by atoms with E-state index in [1.807, 2.05) is 25.7 Å². The second-order valence-corrected chi connectivity index (χ2v) is 8.37. The third-order valence-electron chi connectivity index (χ3n) is 3.89. The van der Waals surface area contributed by atoms with E-state index < -0.39 is 5.60 Å². The average molecular weight is 298 g/mol. The maximum atomic E-state index is 12.4. The van der Waals surface area contributed by atoms with E-state index in [1.54, 1.807) is 0 Å². The zero-order valence-corrected chi connectivity index (χ0v) is 15.0. The Labute approximate surface area is 130 Å². The number of nitrogens with zero attached hydrogens (tertiary/aromatic N) is 1. The van der Waals surface area contributed by atoms with Gasteiger partial charge in [0.15, 0.2) is 0 Å². The van der Waals surface area contributed by atoms with Crippen molar-refractivity contribution in [2.45, 2.75) is 84.9 Å². The molecule has 4 heteroatoms. The Kier molecular flexibility index (Phi) is 6.09. The number of carbonyl (C=O) groups excluding carboxylic acids is 1. The van der Waals surface area contributed by atoms with Gasteiger partial charge in [-0.2, -0.15) is 0 Å². The molecule has 1 aliphatic rings. The highest BCUT2D eigenvalue weighted by Crippen LogP contribution is 2.24. The van der Waals surface area contributed by atoms with Gasteiger partial charge < -0.3 is 15.0 Å². The van der Waals surface area contributed by atoms with E-state index in [2.05, 4.69) is 33.0 Å². The van der Waals surface area contributed by atoms with Crippen LogP contribution < -0.4 is 5.32 Å². The molecule has 1 fully saturated rings. The summed E-state index contributed by atoms with van der Waals surface area (Å²) in [5.74, 6) is 0.826. The van der Waals surface area contributed by atoms with Crippen molar-refractivity contribution in [2.75, 3.05) is 13.1 Å². The lowest BCUT2D eigenvalue weighted by molar-refractivity contribution is 0.00647. The summed E-state index contributed by atoms with van der Waals surface area (Å²) in [6.07, 6.45) is 3.59. The van der Waals surface area contributed by atoms with Crippen molar-refractivity contribution in [2.24, 2.45) is 5.92 Å². The van der Waals surface area contributed by atoms with Crippen LogP contribution in [-0.4, -0.2) is 41.3 Å². The summed E-state index contributed by atoms with van der Waals surface area (Å²) in [7, 11) is 0. The Morgan fingerprint density at radius 1 is 1.19 bits per heavy atom. The van der Waals surface area contributed by atoms with Crippen LogP contribution in [0.1, 0.15) is 67.7 Å². The van der Waals surface area contributed by atoms with E-state index in [1.165, 1.54) is 19.3 Å². The van der Waals surface area contributed by atoms with Crippen LogP contribution in [0.5, 0.6) is 0 Å². The fourth-order valence-electron chi connectivity index (χ4n) is 2.79. The van der Waals surface area contributed by atoms with E-state index in [-0.39, 0.29) is 11.6 Å². The lowest BCUT2D eigenvalue weighted by Gasteiger charge is -2.37. The number of rotatable bonds is 4. The summed E-state index contributed by atoms with van der Waals surface area (Å²) in [6.45, 7) is 15.7. The Bertz CT molecular complexity index is 342. The molecule has 1 rings (SSSR count). The van der Waals surface area contributed by atoms with Gasteiger partial charge >= 0.3 is 6.09 Å². The molecular formula is C17H34N2O2. The first-order chi connectivity index (χ1) is 9.49. The smallest absolute Gasteiger partial charge is 0.410 e. The van der Waals surface area contributed by atoms with Crippen molar-refractivity contribution in [3.8, 4) is 0 Å². The standard InChI is InChI=1S/C17H34N2O2/c1-13-8-9-14(12-13)18-10-11-19(16(2,3)4)15(20)21-17(5,6)7/h13-14,18H,8-12H2,1-7H3. The van der Waals surface area contributed by atoms with Crippen molar-refractivity contribution in [1.82, 2.24) is 10.2 Å². The molecule has 2 unspecified atom stereocenters. The van der Waals surface area contributed by atoms with Gasteiger partial charge in [-0.3, -0.25) is 0 Å². The van der Waals surface area contributed by atoms with Gasteiger partial charge in [0.25, 0.3) is 0 Å². The lowest BCUT2D eigenvalue weighted by Crippen LogP contribution is -2.50. The molecule has 124 valence electrons. The molecule has 0 heterocycles. The van der Waals surface area contributed by atoms with Crippen LogP contribution in [-0.2, 0) is 4.74 Å². The first-order valence-electron chi connectivity index (χ1n) is 8.23. The summed E-state index contributed by atoms with van der Waals surface area (Å²) in [5.41, 5.74) is -0.679. The average Bonchev–Trinajstić information content (AvgIpc) is 2.66. The van der Waals surface area contributed by atoms with Crippen molar-refractivity contribution < 1.29 is 9.53 Å². The Morgan fingerprint density at radius 3 is 2.24 bits per heavy atom. The molecule has 4 nitrogen and oxygen atoms in total. The molecule has 1 aliphatic carbocycles. The minimum Gasteiger partial charge on any atom is -0.444 e. The minimum atomic E-state index is -0.450. The van der Waals surface area contributed by atoms with Gasteiger partial charge in [0.05, 0.1) is 0 Å². The summed E-state index contributed by atoms with van der Waals surface area (Å²) in [5, 5.41) is 3.58. The van der Waals surface area contributed by atoms with Crippen LogP contribution >= 0.6 is 0 Å². The minimum absolute atomic E-state index is 0.225. The van der Waals surface area contributed by atoms with Crippen LogP contribution in [0.3, 0.4) is 0 Å². The van der Waals surface area contributed by atoms with Crippen molar-refractivity contribution in [3.05, 3.63) is 0 Å². The molecule has 21 heavy (non-hydrogen) atoms. The summed E-state index contributed by atoms with van der Waals surface area (Å²) in [6, 6.07) is 0.612. The van der Waals surface area contributed by atoms with E-state index in [0.29, 0.717) is 12.6 Å². The highest BCUT2D eigenvalue weighted by atomic mass is 16.6. The Morgan fingerprint density at radius 2 is 1.81 bits per heavy atom.